The van der Waals surface area contributed by atoms with E-state index in [1.807, 2.05) is 24.3 Å². The largest absolute Gasteiger partial charge is 0.309 e. The predicted octanol–water partition coefficient (Wildman–Crippen LogP) is 1.99. The molecule has 0 N–H and O–H groups in total. The Balaban J connectivity index is 2.40. The fourth-order valence-electron chi connectivity index (χ4n) is 1.36. The van der Waals surface area contributed by atoms with Crippen molar-refractivity contribution in [3.8, 4) is 0 Å². The lowest BCUT2D eigenvalue weighted by molar-refractivity contribution is 0.112. The molecule has 2 heteroatoms. The van der Waals surface area contributed by atoms with Crippen LogP contribution in [0.25, 0.3) is 0 Å². The highest BCUT2D eigenvalue weighted by molar-refractivity contribution is 5.74. The summed E-state index contributed by atoms with van der Waals surface area (Å²) < 4.78 is 0. The van der Waals surface area contributed by atoms with E-state index in [1.165, 1.54) is 5.56 Å². The molecule has 0 atom stereocenters. The second kappa shape index (κ2) is 5.55. The van der Waals surface area contributed by atoms with Crippen LogP contribution in [0, 0.1) is 0 Å². The summed E-state index contributed by atoms with van der Waals surface area (Å²) in [7, 11) is 4.16. The van der Waals surface area contributed by atoms with Gasteiger partial charge in [0, 0.05) is 5.56 Å². The van der Waals surface area contributed by atoms with Crippen molar-refractivity contribution in [1.82, 2.24) is 4.90 Å². The van der Waals surface area contributed by atoms with Crippen LogP contribution in [0.1, 0.15) is 22.3 Å². The lowest BCUT2D eigenvalue weighted by atomic mass is 10.1. The Bertz CT molecular complexity index is 277. The Morgan fingerprint density at radius 2 is 1.86 bits per heavy atom. The predicted molar refractivity (Wildman–Crippen MR) is 58.7 cm³/mol. The first-order chi connectivity index (χ1) is 6.72. The zero-order valence-corrected chi connectivity index (χ0v) is 8.86. The van der Waals surface area contributed by atoms with E-state index >= 15 is 0 Å². The van der Waals surface area contributed by atoms with Gasteiger partial charge < -0.3 is 4.90 Å². The van der Waals surface area contributed by atoms with E-state index in [4.69, 9.17) is 0 Å². The second-order valence-corrected chi connectivity index (χ2v) is 3.77. The molecule has 0 unspecified atom stereocenters. The summed E-state index contributed by atoms with van der Waals surface area (Å²) in [6.07, 6.45) is 3.12. The first kappa shape index (κ1) is 10.9. The van der Waals surface area contributed by atoms with Crippen molar-refractivity contribution in [1.29, 1.82) is 0 Å². The summed E-state index contributed by atoms with van der Waals surface area (Å²) in [6, 6.07) is 7.80. The van der Waals surface area contributed by atoms with Gasteiger partial charge in [-0.3, -0.25) is 4.79 Å². The topological polar surface area (TPSA) is 20.3 Å². The molecule has 0 radical (unpaired) electrons. The number of aldehydes is 1. The number of hydrogen-bond acceptors (Lipinski definition) is 2. The molecule has 0 aliphatic heterocycles. The molecular formula is C12H17NO. The van der Waals surface area contributed by atoms with Crippen LogP contribution in [0.3, 0.4) is 0 Å². The van der Waals surface area contributed by atoms with Gasteiger partial charge in [-0.05, 0) is 39.0 Å². The highest BCUT2D eigenvalue weighted by atomic mass is 16.1. The maximum absolute atomic E-state index is 10.4. The third-order valence-electron chi connectivity index (χ3n) is 2.19. The van der Waals surface area contributed by atoms with Gasteiger partial charge in [-0.25, -0.2) is 0 Å². The zero-order chi connectivity index (χ0) is 10.4. The highest BCUT2D eigenvalue weighted by Crippen LogP contribution is 2.05. The minimum atomic E-state index is 0.751. The van der Waals surface area contributed by atoms with Gasteiger partial charge in [0.25, 0.3) is 0 Å². The van der Waals surface area contributed by atoms with Crippen LogP contribution in [0.4, 0.5) is 0 Å². The van der Waals surface area contributed by atoms with Crippen molar-refractivity contribution >= 4 is 6.29 Å². The zero-order valence-electron chi connectivity index (χ0n) is 8.86. The van der Waals surface area contributed by atoms with Crippen LogP contribution < -0.4 is 0 Å². The van der Waals surface area contributed by atoms with Gasteiger partial charge in [0.1, 0.15) is 6.29 Å². The quantitative estimate of drug-likeness (QED) is 0.663. The summed E-state index contributed by atoms with van der Waals surface area (Å²) in [5, 5.41) is 0. The van der Waals surface area contributed by atoms with E-state index in [2.05, 4.69) is 19.0 Å². The summed E-state index contributed by atoms with van der Waals surface area (Å²) in [5.74, 6) is 0. The Morgan fingerprint density at radius 3 is 2.36 bits per heavy atom. The van der Waals surface area contributed by atoms with Crippen molar-refractivity contribution in [2.45, 2.75) is 12.8 Å². The molecule has 1 rings (SSSR count). The van der Waals surface area contributed by atoms with Crippen LogP contribution >= 0.6 is 0 Å². The molecule has 0 heterocycles. The molecule has 0 amide bonds. The minimum absolute atomic E-state index is 0.751. The molecule has 0 aliphatic carbocycles. The average molecular weight is 191 g/mol. The first-order valence-electron chi connectivity index (χ1n) is 4.91. The van der Waals surface area contributed by atoms with Crippen LogP contribution in [0.15, 0.2) is 24.3 Å². The Hall–Kier alpha value is -1.15. The van der Waals surface area contributed by atoms with Gasteiger partial charge in [-0.1, -0.05) is 24.3 Å². The van der Waals surface area contributed by atoms with E-state index in [0.29, 0.717) is 0 Å². The molecule has 1 aromatic rings. The SMILES string of the molecule is CN(C)CCCc1ccc(C=O)cc1. The number of rotatable bonds is 5. The molecule has 0 aliphatic rings. The maximum atomic E-state index is 10.4. The highest BCUT2D eigenvalue weighted by Gasteiger charge is 1.95. The van der Waals surface area contributed by atoms with Crippen molar-refractivity contribution in [2.24, 2.45) is 0 Å². The summed E-state index contributed by atoms with van der Waals surface area (Å²) in [4.78, 5) is 12.6. The van der Waals surface area contributed by atoms with Crippen LogP contribution in [-0.4, -0.2) is 31.8 Å². The normalized spacial score (nSPS) is 10.5. The molecule has 0 saturated heterocycles. The molecule has 76 valence electrons. The first-order valence-corrected chi connectivity index (χ1v) is 4.91. The van der Waals surface area contributed by atoms with Gasteiger partial charge in [0.2, 0.25) is 0 Å². The number of carbonyl (C=O) groups is 1. The summed E-state index contributed by atoms with van der Waals surface area (Å²) >= 11 is 0. The van der Waals surface area contributed by atoms with Crippen molar-refractivity contribution < 1.29 is 4.79 Å². The monoisotopic (exact) mass is 191 g/mol. The summed E-state index contributed by atoms with van der Waals surface area (Å²) in [5.41, 5.74) is 2.05. The molecule has 0 bridgehead atoms. The molecule has 0 saturated carbocycles. The number of nitrogens with zero attached hydrogens (tertiary/aromatic N) is 1. The molecule has 0 aromatic heterocycles. The third kappa shape index (κ3) is 3.71. The van der Waals surface area contributed by atoms with Crippen molar-refractivity contribution in [2.75, 3.05) is 20.6 Å². The Labute approximate surface area is 85.5 Å². The smallest absolute Gasteiger partial charge is 0.150 e. The van der Waals surface area contributed by atoms with E-state index in [1.54, 1.807) is 0 Å². The average Bonchev–Trinajstić information content (AvgIpc) is 2.18. The fraction of sp³-hybridized carbons (Fsp3) is 0.417. The number of benzene rings is 1. The molecular weight excluding hydrogens is 174 g/mol. The molecule has 1 aromatic carbocycles. The molecule has 14 heavy (non-hydrogen) atoms. The summed E-state index contributed by atoms with van der Waals surface area (Å²) in [6.45, 7) is 1.11. The van der Waals surface area contributed by atoms with Crippen LogP contribution in [0.5, 0.6) is 0 Å². The van der Waals surface area contributed by atoms with E-state index in [9.17, 15) is 4.79 Å². The van der Waals surface area contributed by atoms with E-state index < -0.39 is 0 Å². The Morgan fingerprint density at radius 1 is 1.21 bits per heavy atom. The van der Waals surface area contributed by atoms with E-state index in [0.717, 1.165) is 31.2 Å². The standard InChI is InChI=1S/C12H17NO/c1-13(2)9-3-4-11-5-7-12(10-14)8-6-11/h5-8,10H,3-4,9H2,1-2H3. The lowest BCUT2D eigenvalue weighted by Gasteiger charge is -2.08. The van der Waals surface area contributed by atoms with Crippen LogP contribution in [0.2, 0.25) is 0 Å². The second-order valence-electron chi connectivity index (χ2n) is 3.77. The van der Waals surface area contributed by atoms with Gasteiger partial charge >= 0.3 is 0 Å². The minimum Gasteiger partial charge on any atom is -0.309 e. The molecule has 0 fully saturated rings. The molecule has 2 nitrogen and oxygen atoms in total. The number of hydrogen-bond donors (Lipinski definition) is 0. The van der Waals surface area contributed by atoms with Crippen LogP contribution in [-0.2, 0) is 6.42 Å². The number of aryl methyl sites for hydroxylation is 1. The van der Waals surface area contributed by atoms with Gasteiger partial charge in [-0.15, -0.1) is 0 Å². The third-order valence-corrected chi connectivity index (χ3v) is 2.19. The Kier molecular flexibility index (Phi) is 4.33. The van der Waals surface area contributed by atoms with E-state index in [-0.39, 0.29) is 0 Å². The number of carbonyl (C=O) groups excluding carboxylic acids is 1. The van der Waals surface area contributed by atoms with Crippen molar-refractivity contribution in [3.63, 3.8) is 0 Å². The lowest BCUT2D eigenvalue weighted by Crippen LogP contribution is -2.13. The van der Waals surface area contributed by atoms with Gasteiger partial charge in [-0.2, -0.15) is 0 Å². The van der Waals surface area contributed by atoms with Gasteiger partial charge in [0.05, 0.1) is 0 Å². The fourth-order valence-corrected chi connectivity index (χ4v) is 1.36. The molecule has 0 spiro atoms. The van der Waals surface area contributed by atoms with Gasteiger partial charge in [0.15, 0.2) is 0 Å². The van der Waals surface area contributed by atoms with Crippen molar-refractivity contribution in [3.05, 3.63) is 35.4 Å². The maximum Gasteiger partial charge on any atom is 0.150 e.